The van der Waals surface area contributed by atoms with Crippen LogP contribution < -0.4 is 0 Å². The number of hydrogen-bond donors (Lipinski definition) is 2. The fourth-order valence-corrected chi connectivity index (χ4v) is 12.2. The van der Waals surface area contributed by atoms with Crippen LogP contribution in [0.15, 0.2) is 47.6 Å². The molecule has 1 aliphatic carbocycles. The Hall–Kier alpha value is -3.19. The number of cyclic esters (lactones) is 1. The van der Waals surface area contributed by atoms with Gasteiger partial charge in [-0.3, -0.25) is 19.2 Å². The SMILES string of the molecule is CO[C@H]1C[C@@H]2CC[C@@H](C)[C@@](O)(O2)C(=O)C(=O)N2CCCCC2C(=O)O[C@H]([C@H](C)C[C@@H]2CC[C@@H](OCCCO[Si](C)(C)C(C)(C)C)[C@H](OC)C2)CC(=O)[C@H](C)/C=C(\C)[C@@H](O)[C@@H](OC)C(=O)[C@H](C)C[C@H](C)/C=C/C=C/C=C/1C. The van der Waals surface area contributed by atoms with Crippen LogP contribution >= 0.6 is 0 Å². The average molecular weight is 1090 g/mol. The van der Waals surface area contributed by atoms with E-state index < -0.39 is 86.1 Å². The molecule has 4 rings (SSSR count). The van der Waals surface area contributed by atoms with Crippen LogP contribution in [0.25, 0.3) is 0 Å². The van der Waals surface area contributed by atoms with Crippen molar-refractivity contribution in [3.63, 3.8) is 0 Å². The van der Waals surface area contributed by atoms with Gasteiger partial charge in [0.15, 0.2) is 14.1 Å². The van der Waals surface area contributed by atoms with Crippen molar-refractivity contribution < 1.29 is 67.0 Å². The van der Waals surface area contributed by atoms with Crippen LogP contribution in [0.3, 0.4) is 0 Å². The molecule has 3 fully saturated rings. The van der Waals surface area contributed by atoms with E-state index in [1.807, 2.05) is 58.1 Å². The molecule has 3 heterocycles. The molecule has 2 N–H and O–H groups in total. The molecule has 16 heteroatoms. The third-order valence-corrected chi connectivity index (χ3v) is 21.9. The first kappa shape index (κ1) is 65.3. The summed E-state index contributed by atoms with van der Waals surface area (Å²) in [7, 11) is 2.81. The summed E-state index contributed by atoms with van der Waals surface area (Å²) in [5.41, 5.74) is 1.28. The van der Waals surface area contributed by atoms with Crippen LogP contribution in [0.2, 0.25) is 18.1 Å². The van der Waals surface area contributed by atoms with E-state index in [-0.39, 0.29) is 66.0 Å². The minimum atomic E-state index is -2.43. The van der Waals surface area contributed by atoms with Crippen molar-refractivity contribution in [1.29, 1.82) is 0 Å². The van der Waals surface area contributed by atoms with Crippen LogP contribution in [0.1, 0.15) is 153 Å². The summed E-state index contributed by atoms with van der Waals surface area (Å²) in [5.74, 6) is -7.85. The molecule has 0 aromatic rings. The van der Waals surface area contributed by atoms with Gasteiger partial charge in [0.2, 0.25) is 5.79 Å². The Bertz CT molecular complexity index is 2040. The van der Waals surface area contributed by atoms with Crippen LogP contribution in [0.4, 0.5) is 0 Å². The molecular formula is C60H99NO14Si. The molecule has 76 heavy (non-hydrogen) atoms. The lowest BCUT2D eigenvalue weighted by Gasteiger charge is -2.42. The highest BCUT2D eigenvalue weighted by atomic mass is 28.4. The molecule has 2 bridgehead atoms. The second-order valence-corrected chi connectivity index (χ2v) is 29.2. The Kier molecular flexibility index (Phi) is 25.7. The summed E-state index contributed by atoms with van der Waals surface area (Å²) in [6.45, 7) is 25.3. The number of allylic oxidation sites excluding steroid dienone is 6. The summed E-state index contributed by atoms with van der Waals surface area (Å²) in [6.07, 6.45) is 13.3. The van der Waals surface area contributed by atoms with Crippen molar-refractivity contribution >= 4 is 37.5 Å². The van der Waals surface area contributed by atoms with Crippen molar-refractivity contribution in [3.8, 4) is 0 Å². The number of amides is 1. The maximum absolute atomic E-state index is 14.6. The number of nitrogens with zero attached hydrogens (tertiary/aromatic N) is 1. The molecule has 0 aromatic carbocycles. The number of aliphatic hydroxyl groups excluding tert-OH is 1. The third kappa shape index (κ3) is 17.9. The number of hydrogen-bond acceptors (Lipinski definition) is 14. The zero-order valence-corrected chi connectivity index (χ0v) is 50.1. The zero-order valence-electron chi connectivity index (χ0n) is 49.1. The standard InChI is InChI=1S/C60H99NO14Si/c1-38-22-17-16-18-23-39(2)50(69-11)36-46-27-25-44(7)60(68,75-46)56(65)57(66)61-29-20-19-24-47(61)58(67)74-51(37-48(62)40(3)33-43(6)54(64)55(71-13)53(63)42(5)32-38)41(4)34-45-26-28-49(52(35-45)70-12)72-30-21-31-73-76(14,15)59(8,9)10/h16-18,22-23,33,38,40-42,44-47,49-52,54-55,64,68H,19-21,24-32,34-37H2,1-15H3/b18-16+,22-17+,39-23+,43-33+/t38-,40-,41-,42-,44-,45+,46+,47?,49-,50+,51+,52-,54-,55+,60-/m1/s1. The van der Waals surface area contributed by atoms with Crippen molar-refractivity contribution in [3.05, 3.63) is 47.6 Å². The quantitative estimate of drug-likeness (QED) is 0.0617. The normalized spacial score (nSPS) is 36.8. The second kappa shape index (κ2) is 29.9. The number of Topliss-reactive ketones (excluding diaryl/α,β-unsaturated/α-hetero) is 3. The van der Waals surface area contributed by atoms with Gasteiger partial charge in [0, 0.05) is 71.7 Å². The number of carbonyl (C=O) groups is 5. The smallest absolute Gasteiger partial charge is 0.329 e. The highest BCUT2D eigenvalue weighted by Crippen LogP contribution is 2.39. The summed E-state index contributed by atoms with van der Waals surface area (Å²) >= 11 is 0. The Morgan fingerprint density at radius 3 is 2.21 bits per heavy atom. The van der Waals surface area contributed by atoms with E-state index in [1.54, 1.807) is 41.1 Å². The van der Waals surface area contributed by atoms with Gasteiger partial charge in [0.25, 0.3) is 11.7 Å². The van der Waals surface area contributed by atoms with Crippen molar-refractivity contribution in [2.75, 3.05) is 41.1 Å². The summed E-state index contributed by atoms with van der Waals surface area (Å²) in [6, 6.07) is -1.14. The minimum Gasteiger partial charge on any atom is -0.460 e. The van der Waals surface area contributed by atoms with Crippen molar-refractivity contribution in [2.45, 2.75) is 225 Å². The molecule has 0 aromatic heterocycles. The van der Waals surface area contributed by atoms with Gasteiger partial charge in [-0.05, 0) is 132 Å². The Morgan fingerprint density at radius 1 is 0.842 bits per heavy atom. The van der Waals surface area contributed by atoms with Gasteiger partial charge in [-0.2, -0.15) is 0 Å². The predicted molar refractivity (Wildman–Crippen MR) is 297 cm³/mol. The van der Waals surface area contributed by atoms with Gasteiger partial charge in [-0.25, -0.2) is 4.79 Å². The van der Waals surface area contributed by atoms with Gasteiger partial charge in [0.05, 0.1) is 24.4 Å². The first-order chi connectivity index (χ1) is 35.7. The molecule has 1 saturated carbocycles. The third-order valence-electron chi connectivity index (χ3n) is 17.3. The number of ether oxygens (including phenoxy) is 6. The first-order valence-corrected chi connectivity index (χ1v) is 31.3. The molecule has 0 spiro atoms. The van der Waals surface area contributed by atoms with Crippen LogP contribution in [0, 0.1) is 35.5 Å². The molecule has 3 aliphatic heterocycles. The number of esters is 1. The van der Waals surface area contributed by atoms with Crippen molar-refractivity contribution in [2.24, 2.45) is 35.5 Å². The van der Waals surface area contributed by atoms with E-state index in [4.69, 9.17) is 32.8 Å². The van der Waals surface area contributed by atoms with Gasteiger partial charge in [0.1, 0.15) is 30.1 Å². The molecule has 15 nitrogen and oxygen atoms in total. The molecule has 2 saturated heterocycles. The Morgan fingerprint density at radius 2 is 1.55 bits per heavy atom. The summed E-state index contributed by atoms with van der Waals surface area (Å²) in [4.78, 5) is 72.8. The molecule has 1 amide bonds. The largest absolute Gasteiger partial charge is 0.460 e. The fraction of sp³-hybridized carbons (Fsp3) is 0.783. The van der Waals surface area contributed by atoms with E-state index in [0.29, 0.717) is 70.2 Å². The van der Waals surface area contributed by atoms with Gasteiger partial charge in [-0.1, -0.05) is 91.8 Å². The fourth-order valence-electron chi connectivity index (χ4n) is 11.1. The minimum absolute atomic E-state index is 0.0172. The lowest BCUT2D eigenvalue weighted by molar-refractivity contribution is -0.265. The second-order valence-electron chi connectivity index (χ2n) is 24.4. The number of methoxy groups -OCH3 is 3. The molecule has 15 atom stereocenters. The molecule has 4 aliphatic rings. The van der Waals surface area contributed by atoms with Crippen LogP contribution in [0.5, 0.6) is 0 Å². The average Bonchev–Trinajstić information content (AvgIpc) is 3.37. The van der Waals surface area contributed by atoms with Gasteiger partial charge < -0.3 is 48.0 Å². The highest BCUT2D eigenvalue weighted by Gasteiger charge is 2.53. The summed E-state index contributed by atoms with van der Waals surface area (Å²) < 4.78 is 42.9. The van der Waals surface area contributed by atoms with E-state index in [1.165, 1.54) is 12.0 Å². The van der Waals surface area contributed by atoms with E-state index >= 15 is 0 Å². The molecular weight excluding hydrogens is 987 g/mol. The summed E-state index contributed by atoms with van der Waals surface area (Å²) in [5, 5.41) is 23.7. The Balaban J connectivity index is 1.64. The predicted octanol–water partition coefficient (Wildman–Crippen LogP) is 9.62. The number of aliphatic hydroxyl groups is 2. The topological polar surface area (TPSA) is 194 Å². The highest BCUT2D eigenvalue weighted by molar-refractivity contribution is 6.74. The Labute approximate surface area is 457 Å². The van der Waals surface area contributed by atoms with Gasteiger partial charge in [-0.15, -0.1) is 0 Å². The molecule has 1 unspecified atom stereocenters. The molecule has 0 radical (unpaired) electrons. The maximum atomic E-state index is 14.6. The van der Waals surface area contributed by atoms with Gasteiger partial charge >= 0.3 is 5.97 Å². The number of piperidine rings is 1. The number of carbonyl (C=O) groups excluding carboxylic acids is 5. The van der Waals surface area contributed by atoms with Crippen LogP contribution in [-0.2, 0) is 56.8 Å². The van der Waals surface area contributed by atoms with Crippen molar-refractivity contribution in [1.82, 2.24) is 4.90 Å². The monoisotopic (exact) mass is 1090 g/mol. The van der Waals surface area contributed by atoms with E-state index in [0.717, 1.165) is 24.8 Å². The zero-order chi connectivity index (χ0) is 56.7. The number of fused-ring (bicyclic) bond motifs is 3. The van der Waals surface area contributed by atoms with E-state index in [9.17, 15) is 34.2 Å². The number of rotatable bonds is 12. The van der Waals surface area contributed by atoms with E-state index in [2.05, 4.69) is 33.9 Å². The maximum Gasteiger partial charge on any atom is 0.329 e. The lowest BCUT2D eigenvalue weighted by atomic mass is 9.78. The number of ketones is 3. The first-order valence-electron chi connectivity index (χ1n) is 28.4. The molecule has 432 valence electrons. The van der Waals surface area contributed by atoms with Crippen LogP contribution in [-0.4, -0.2) is 148 Å². The lowest BCUT2D eigenvalue weighted by Crippen LogP contribution is -2.61.